The van der Waals surface area contributed by atoms with Crippen LogP contribution in [0.5, 0.6) is 5.75 Å². The van der Waals surface area contributed by atoms with Crippen LogP contribution in [0, 0.1) is 0 Å². The van der Waals surface area contributed by atoms with E-state index in [1.165, 1.54) is 5.56 Å². The molecule has 0 aliphatic rings. The van der Waals surface area contributed by atoms with Gasteiger partial charge in [0, 0.05) is 6.20 Å². The molecule has 0 aliphatic carbocycles. The molecule has 0 spiro atoms. The van der Waals surface area contributed by atoms with Crippen LogP contribution in [0.15, 0.2) is 42.6 Å². The second-order valence-corrected chi connectivity index (χ2v) is 5.91. The van der Waals surface area contributed by atoms with E-state index < -0.39 is 0 Å². The van der Waals surface area contributed by atoms with E-state index in [2.05, 4.69) is 37.9 Å². The van der Waals surface area contributed by atoms with E-state index >= 15 is 0 Å². The number of nitrogens with zero attached hydrogens (tertiary/aromatic N) is 1. The Labute approximate surface area is 120 Å². The lowest BCUT2D eigenvalue weighted by molar-refractivity contribution is 0.404. The fraction of sp³-hybridized carbons (Fsp3) is 0.353. The molecular formula is C17H22N2O. The van der Waals surface area contributed by atoms with Crippen LogP contribution in [-0.4, -0.2) is 12.1 Å². The average molecular weight is 270 g/mol. The van der Waals surface area contributed by atoms with Gasteiger partial charge in [-0.2, -0.15) is 0 Å². The molecule has 3 heteroatoms. The fourth-order valence-electron chi connectivity index (χ4n) is 2.41. The van der Waals surface area contributed by atoms with Crippen LogP contribution < -0.4 is 10.5 Å². The maximum Gasteiger partial charge on any atom is 0.142 e. The summed E-state index contributed by atoms with van der Waals surface area (Å²) in [6.45, 7) is 6.57. The van der Waals surface area contributed by atoms with E-state index in [-0.39, 0.29) is 11.5 Å². The molecule has 106 valence electrons. The van der Waals surface area contributed by atoms with E-state index in [4.69, 9.17) is 10.5 Å². The minimum Gasteiger partial charge on any atom is -0.495 e. The van der Waals surface area contributed by atoms with Crippen LogP contribution in [0.3, 0.4) is 0 Å². The lowest BCUT2D eigenvalue weighted by atomic mass is 9.81. The molecule has 1 atom stereocenters. The van der Waals surface area contributed by atoms with Crippen LogP contribution in [0.25, 0.3) is 0 Å². The van der Waals surface area contributed by atoms with E-state index in [1.807, 2.05) is 24.3 Å². The van der Waals surface area contributed by atoms with Crippen molar-refractivity contribution in [1.82, 2.24) is 4.98 Å². The van der Waals surface area contributed by atoms with Gasteiger partial charge in [0.15, 0.2) is 0 Å². The summed E-state index contributed by atoms with van der Waals surface area (Å²) in [6, 6.07) is 11.7. The van der Waals surface area contributed by atoms with Gasteiger partial charge in [0.2, 0.25) is 0 Å². The summed E-state index contributed by atoms with van der Waals surface area (Å²) in [6.07, 6.45) is 1.75. The van der Waals surface area contributed by atoms with E-state index in [0.717, 1.165) is 17.0 Å². The summed E-state index contributed by atoms with van der Waals surface area (Å²) in [4.78, 5) is 4.40. The van der Waals surface area contributed by atoms with Crippen LogP contribution in [-0.2, 0) is 5.41 Å². The van der Waals surface area contributed by atoms with Crippen molar-refractivity contribution in [1.29, 1.82) is 0 Å². The van der Waals surface area contributed by atoms with E-state index in [0.29, 0.717) is 0 Å². The zero-order valence-electron chi connectivity index (χ0n) is 12.6. The first-order chi connectivity index (χ1) is 9.45. The van der Waals surface area contributed by atoms with Gasteiger partial charge in [-0.25, -0.2) is 0 Å². The number of pyridine rings is 1. The molecular weight excluding hydrogens is 248 g/mol. The maximum atomic E-state index is 6.45. The van der Waals surface area contributed by atoms with Crippen molar-refractivity contribution in [2.45, 2.75) is 32.2 Å². The summed E-state index contributed by atoms with van der Waals surface area (Å²) < 4.78 is 5.37. The quantitative estimate of drug-likeness (QED) is 0.929. The molecule has 0 saturated heterocycles. The van der Waals surface area contributed by atoms with Gasteiger partial charge in [0.25, 0.3) is 0 Å². The van der Waals surface area contributed by atoms with Gasteiger partial charge in [-0.3, -0.25) is 4.98 Å². The van der Waals surface area contributed by atoms with Gasteiger partial charge in [-0.15, -0.1) is 0 Å². The topological polar surface area (TPSA) is 48.1 Å². The first kappa shape index (κ1) is 14.5. The Morgan fingerprint density at radius 1 is 1.10 bits per heavy atom. The van der Waals surface area contributed by atoms with Gasteiger partial charge in [0.1, 0.15) is 11.4 Å². The summed E-state index contributed by atoms with van der Waals surface area (Å²) in [5.41, 5.74) is 9.59. The number of hydrogen-bond donors (Lipinski definition) is 1. The van der Waals surface area contributed by atoms with Crippen molar-refractivity contribution >= 4 is 0 Å². The first-order valence-corrected chi connectivity index (χ1v) is 6.79. The molecule has 0 bridgehead atoms. The van der Waals surface area contributed by atoms with Crippen molar-refractivity contribution in [3.05, 3.63) is 59.4 Å². The number of methoxy groups -OCH3 is 1. The highest BCUT2D eigenvalue weighted by atomic mass is 16.5. The van der Waals surface area contributed by atoms with Gasteiger partial charge in [-0.1, -0.05) is 45.0 Å². The molecule has 2 rings (SSSR count). The number of ether oxygens (including phenoxy) is 1. The van der Waals surface area contributed by atoms with Crippen molar-refractivity contribution in [3.8, 4) is 5.75 Å². The summed E-state index contributed by atoms with van der Waals surface area (Å²) in [7, 11) is 1.64. The zero-order valence-corrected chi connectivity index (χ0v) is 12.6. The van der Waals surface area contributed by atoms with Crippen molar-refractivity contribution in [3.63, 3.8) is 0 Å². The molecule has 0 radical (unpaired) electrons. The highest BCUT2D eigenvalue weighted by Crippen LogP contribution is 2.33. The molecule has 2 aromatic rings. The Bertz CT molecular complexity index is 588. The predicted octanol–water partition coefficient (Wildman–Crippen LogP) is 3.44. The molecule has 0 saturated carbocycles. The van der Waals surface area contributed by atoms with Crippen LogP contribution in [0.1, 0.15) is 43.6 Å². The third kappa shape index (κ3) is 2.83. The summed E-state index contributed by atoms with van der Waals surface area (Å²) in [5.74, 6) is 0.726. The molecule has 1 aromatic heterocycles. The van der Waals surface area contributed by atoms with Crippen LogP contribution in [0.4, 0.5) is 0 Å². The number of hydrogen-bond acceptors (Lipinski definition) is 3. The fourth-order valence-corrected chi connectivity index (χ4v) is 2.41. The Hall–Kier alpha value is -1.87. The number of rotatable bonds is 3. The second kappa shape index (κ2) is 5.63. The number of aromatic nitrogens is 1. The smallest absolute Gasteiger partial charge is 0.142 e. The highest BCUT2D eigenvalue weighted by Gasteiger charge is 2.23. The Morgan fingerprint density at radius 2 is 1.80 bits per heavy atom. The molecule has 0 amide bonds. The van der Waals surface area contributed by atoms with Gasteiger partial charge in [-0.05, 0) is 28.7 Å². The Kier molecular flexibility index (Phi) is 4.09. The predicted molar refractivity (Wildman–Crippen MR) is 82.0 cm³/mol. The van der Waals surface area contributed by atoms with Gasteiger partial charge in [0.05, 0.1) is 13.2 Å². The molecule has 20 heavy (non-hydrogen) atoms. The minimum absolute atomic E-state index is 0.0379. The third-order valence-corrected chi connectivity index (χ3v) is 3.42. The SMILES string of the molecule is COc1cccnc1C(N)c1ccccc1C(C)(C)C. The Morgan fingerprint density at radius 3 is 2.45 bits per heavy atom. The summed E-state index contributed by atoms with van der Waals surface area (Å²) in [5, 5.41) is 0. The minimum atomic E-state index is -0.290. The lowest BCUT2D eigenvalue weighted by Crippen LogP contribution is -2.21. The molecule has 2 N–H and O–H groups in total. The van der Waals surface area contributed by atoms with Crippen molar-refractivity contribution in [2.75, 3.05) is 7.11 Å². The molecule has 0 fully saturated rings. The largest absolute Gasteiger partial charge is 0.495 e. The molecule has 1 aromatic carbocycles. The van der Waals surface area contributed by atoms with E-state index in [1.54, 1.807) is 13.3 Å². The molecule has 0 aliphatic heterocycles. The van der Waals surface area contributed by atoms with Crippen LogP contribution >= 0.6 is 0 Å². The van der Waals surface area contributed by atoms with Gasteiger partial charge < -0.3 is 10.5 Å². The molecule has 1 heterocycles. The summed E-state index contributed by atoms with van der Waals surface area (Å²) >= 11 is 0. The lowest BCUT2D eigenvalue weighted by Gasteiger charge is -2.26. The third-order valence-electron chi connectivity index (χ3n) is 3.42. The maximum absolute atomic E-state index is 6.45. The average Bonchev–Trinajstić information content (AvgIpc) is 2.45. The van der Waals surface area contributed by atoms with Gasteiger partial charge >= 0.3 is 0 Å². The Balaban J connectivity index is 2.52. The standard InChI is InChI=1S/C17H22N2O/c1-17(2,3)13-9-6-5-8-12(13)15(18)16-14(20-4)10-7-11-19-16/h5-11,15H,18H2,1-4H3. The van der Waals surface area contributed by atoms with Crippen molar-refractivity contribution in [2.24, 2.45) is 5.73 Å². The number of nitrogens with two attached hydrogens (primary N) is 1. The zero-order chi connectivity index (χ0) is 14.8. The van der Waals surface area contributed by atoms with Crippen LogP contribution in [0.2, 0.25) is 0 Å². The molecule has 3 nitrogen and oxygen atoms in total. The molecule has 1 unspecified atom stereocenters. The van der Waals surface area contributed by atoms with Crippen molar-refractivity contribution < 1.29 is 4.74 Å². The second-order valence-electron chi connectivity index (χ2n) is 5.91. The normalized spacial score (nSPS) is 13.1. The van der Waals surface area contributed by atoms with E-state index in [9.17, 15) is 0 Å². The highest BCUT2D eigenvalue weighted by molar-refractivity contribution is 5.42. The first-order valence-electron chi connectivity index (χ1n) is 6.79. The monoisotopic (exact) mass is 270 g/mol. The number of benzene rings is 1.